The molecule has 1 saturated carbocycles. The molecule has 8 heteroatoms. The molecule has 0 saturated heterocycles. The van der Waals surface area contributed by atoms with Crippen LogP contribution in [0.4, 0.5) is 11.4 Å². The van der Waals surface area contributed by atoms with Gasteiger partial charge in [-0.1, -0.05) is 12.1 Å². The van der Waals surface area contributed by atoms with Gasteiger partial charge in [-0.15, -0.1) is 0 Å². The van der Waals surface area contributed by atoms with E-state index in [4.69, 9.17) is 0 Å². The van der Waals surface area contributed by atoms with E-state index in [-0.39, 0.29) is 23.4 Å². The lowest BCUT2D eigenvalue weighted by Gasteiger charge is -2.29. The summed E-state index contributed by atoms with van der Waals surface area (Å²) in [4.78, 5) is 12.0. The quantitative estimate of drug-likeness (QED) is 0.928. The standard InChI is InChI=1S/C15H16N4O3S/c20-15-10-19(14-7-2-1-6-13(14)17-15)23(21,22)12-8-16-18(9-12)11-4-3-5-11/h1-2,6-9,11H,3-5,10H2,(H,17,20). The number of aromatic nitrogens is 2. The lowest BCUT2D eigenvalue weighted by Crippen LogP contribution is -2.42. The normalized spacial score (nSPS) is 18.3. The first-order valence-corrected chi connectivity index (χ1v) is 8.95. The topological polar surface area (TPSA) is 84.3 Å². The highest BCUT2D eigenvalue weighted by Crippen LogP contribution is 2.35. The minimum absolute atomic E-state index is 0.119. The Bertz CT molecular complexity index is 870. The molecular formula is C15H16N4O3S. The molecule has 7 nitrogen and oxygen atoms in total. The van der Waals surface area contributed by atoms with Crippen LogP contribution >= 0.6 is 0 Å². The summed E-state index contributed by atoms with van der Waals surface area (Å²) in [6.45, 7) is -0.228. The van der Waals surface area contributed by atoms with E-state index in [0.717, 1.165) is 23.6 Å². The molecule has 1 amide bonds. The second-order valence-electron chi connectivity index (χ2n) is 5.82. The Morgan fingerprint density at radius 1 is 1.22 bits per heavy atom. The molecule has 0 unspecified atom stereocenters. The fourth-order valence-electron chi connectivity index (χ4n) is 2.85. The summed E-state index contributed by atoms with van der Waals surface area (Å²) in [5.74, 6) is -0.348. The SMILES string of the molecule is O=C1CN(S(=O)(=O)c2cnn(C3CCC3)c2)c2ccccc2N1. The van der Waals surface area contributed by atoms with Crippen LogP contribution in [0.3, 0.4) is 0 Å². The van der Waals surface area contributed by atoms with Crippen LogP contribution in [-0.4, -0.2) is 30.7 Å². The summed E-state index contributed by atoms with van der Waals surface area (Å²) in [5, 5.41) is 6.87. The van der Waals surface area contributed by atoms with Crippen LogP contribution in [0.2, 0.25) is 0 Å². The Balaban J connectivity index is 1.73. The number of anilines is 2. The van der Waals surface area contributed by atoms with Gasteiger partial charge in [-0.2, -0.15) is 5.10 Å². The first kappa shape index (κ1) is 14.3. The number of carbonyl (C=O) groups is 1. The van der Waals surface area contributed by atoms with E-state index in [0.29, 0.717) is 11.4 Å². The van der Waals surface area contributed by atoms with E-state index >= 15 is 0 Å². The van der Waals surface area contributed by atoms with Crippen LogP contribution in [0, 0.1) is 0 Å². The van der Waals surface area contributed by atoms with Gasteiger partial charge in [0.1, 0.15) is 11.4 Å². The number of hydrogen-bond donors (Lipinski definition) is 1. The minimum Gasteiger partial charge on any atom is -0.323 e. The molecule has 4 rings (SSSR count). The van der Waals surface area contributed by atoms with Crippen molar-refractivity contribution in [2.24, 2.45) is 0 Å². The van der Waals surface area contributed by atoms with Gasteiger partial charge < -0.3 is 5.32 Å². The highest BCUT2D eigenvalue weighted by molar-refractivity contribution is 7.92. The molecule has 2 aromatic rings. The maximum atomic E-state index is 12.9. The van der Waals surface area contributed by atoms with Crippen LogP contribution in [-0.2, 0) is 14.8 Å². The summed E-state index contributed by atoms with van der Waals surface area (Å²) >= 11 is 0. The monoisotopic (exact) mass is 332 g/mol. The van der Waals surface area contributed by atoms with Gasteiger partial charge in [0, 0.05) is 6.20 Å². The van der Waals surface area contributed by atoms with Crippen molar-refractivity contribution in [2.45, 2.75) is 30.2 Å². The number of carbonyl (C=O) groups excluding carboxylic acids is 1. The molecule has 1 aliphatic carbocycles. The molecule has 0 radical (unpaired) electrons. The molecule has 23 heavy (non-hydrogen) atoms. The third-order valence-electron chi connectivity index (χ3n) is 4.35. The van der Waals surface area contributed by atoms with Gasteiger partial charge in [-0.05, 0) is 31.4 Å². The van der Waals surface area contributed by atoms with Crippen LogP contribution in [0.25, 0.3) is 0 Å². The van der Waals surface area contributed by atoms with E-state index in [1.807, 2.05) is 0 Å². The van der Waals surface area contributed by atoms with Crippen molar-refractivity contribution in [2.75, 3.05) is 16.2 Å². The predicted molar refractivity (Wildman–Crippen MR) is 84.7 cm³/mol. The van der Waals surface area contributed by atoms with Gasteiger partial charge in [-0.3, -0.25) is 13.8 Å². The highest BCUT2D eigenvalue weighted by Gasteiger charge is 2.33. The zero-order valence-electron chi connectivity index (χ0n) is 12.3. The number of fused-ring (bicyclic) bond motifs is 1. The van der Waals surface area contributed by atoms with Crippen molar-refractivity contribution >= 4 is 27.3 Å². The average molecular weight is 332 g/mol. The lowest BCUT2D eigenvalue weighted by atomic mass is 9.93. The number of hydrogen-bond acceptors (Lipinski definition) is 4. The van der Waals surface area contributed by atoms with E-state index in [9.17, 15) is 13.2 Å². The van der Waals surface area contributed by atoms with Crippen molar-refractivity contribution in [3.63, 3.8) is 0 Å². The Morgan fingerprint density at radius 2 is 2.00 bits per heavy atom. The van der Waals surface area contributed by atoms with Crippen molar-refractivity contribution in [3.8, 4) is 0 Å². The Kier molecular flexibility index (Phi) is 3.15. The van der Waals surface area contributed by atoms with Crippen molar-refractivity contribution in [1.82, 2.24) is 9.78 Å². The molecular weight excluding hydrogens is 316 g/mol. The number of rotatable bonds is 3. The van der Waals surface area contributed by atoms with Crippen LogP contribution in [0.1, 0.15) is 25.3 Å². The molecule has 1 aromatic carbocycles. The van der Waals surface area contributed by atoms with Crippen molar-refractivity contribution < 1.29 is 13.2 Å². The third kappa shape index (κ3) is 2.29. The van der Waals surface area contributed by atoms with Gasteiger partial charge in [-0.25, -0.2) is 8.42 Å². The number of para-hydroxylation sites is 2. The summed E-state index contributed by atoms with van der Waals surface area (Å²) in [7, 11) is -3.82. The predicted octanol–water partition coefficient (Wildman–Crippen LogP) is 1.76. The van der Waals surface area contributed by atoms with E-state index < -0.39 is 10.0 Å². The highest BCUT2D eigenvalue weighted by atomic mass is 32.2. The zero-order chi connectivity index (χ0) is 16.0. The van der Waals surface area contributed by atoms with Crippen LogP contribution < -0.4 is 9.62 Å². The fraction of sp³-hybridized carbons (Fsp3) is 0.333. The third-order valence-corrected chi connectivity index (χ3v) is 6.06. The van der Waals surface area contributed by atoms with Crippen molar-refractivity contribution in [3.05, 3.63) is 36.7 Å². The second kappa shape index (κ2) is 5.09. The van der Waals surface area contributed by atoms with E-state index in [1.165, 1.54) is 6.20 Å². The van der Waals surface area contributed by atoms with Gasteiger partial charge in [0.25, 0.3) is 10.0 Å². The molecule has 1 fully saturated rings. The maximum Gasteiger partial charge on any atom is 0.267 e. The molecule has 1 N–H and O–H groups in total. The average Bonchev–Trinajstić information content (AvgIpc) is 2.94. The van der Waals surface area contributed by atoms with E-state index in [1.54, 1.807) is 35.1 Å². The number of sulfonamides is 1. The van der Waals surface area contributed by atoms with Gasteiger partial charge in [0.05, 0.1) is 23.6 Å². The fourth-order valence-corrected chi connectivity index (χ4v) is 4.23. The van der Waals surface area contributed by atoms with Gasteiger partial charge in [0.2, 0.25) is 5.91 Å². The summed E-state index contributed by atoms with van der Waals surface area (Å²) < 4.78 is 28.7. The Morgan fingerprint density at radius 3 is 2.74 bits per heavy atom. The summed E-state index contributed by atoms with van der Waals surface area (Å²) in [6.07, 6.45) is 6.12. The molecule has 2 aliphatic rings. The summed E-state index contributed by atoms with van der Waals surface area (Å²) in [5.41, 5.74) is 0.974. The first-order chi connectivity index (χ1) is 11.1. The lowest BCUT2D eigenvalue weighted by molar-refractivity contribution is -0.115. The minimum atomic E-state index is -3.82. The second-order valence-corrected chi connectivity index (χ2v) is 7.68. The maximum absolute atomic E-state index is 12.9. The first-order valence-electron chi connectivity index (χ1n) is 7.51. The Hall–Kier alpha value is -2.35. The van der Waals surface area contributed by atoms with E-state index in [2.05, 4.69) is 10.4 Å². The molecule has 2 heterocycles. The molecule has 0 atom stereocenters. The smallest absolute Gasteiger partial charge is 0.267 e. The molecule has 1 aromatic heterocycles. The number of nitrogens with one attached hydrogen (secondary N) is 1. The summed E-state index contributed by atoms with van der Waals surface area (Å²) in [6, 6.07) is 7.16. The van der Waals surface area contributed by atoms with Crippen LogP contribution in [0.15, 0.2) is 41.6 Å². The van der Waals surface area contributed by atoms with Gasteiger partial charge in [0.15, 0.2) is 0 Å². The number of amides is 1. The molecule has 0 bridgehead atoms. The van der Waals surface area contributed by atoms with Crippen LogP contribution in [0.5, 0.6) is 0 Å². The zero-order valence-corrected chi connectivity index (χ0v) is 13.2. The van der Waals surface area contributed by atoms with Crippen molar-refractivity contribution in [1.29, 1.82) is 0 Å². The Labute approximate surface area is 134 Å². The molecule has 120 valence electrons. The van der Waals surface area contributed by atoms with Gasteiger partial charge >= 0.3 is 0 Å². The largest absolute Gasteiger partial charge is 0.323 e. The number of benzene rings is 1. The molecule has 0 spiro atoms. The molecule has 1 aliphatic heterocycles. The number of nitrogens with zero attached hydrogens (tertiary/aromatic N) is 3.